The highest BCUT2D eigenvalue weighted by molar-refractivity contribution is 4.82. The van der Waals surface area contributed by atoms with Gasteiger partial charge in [-0.1, -0.05) is 0 Å². The molecule has 1 heterocycles. The molecule has 17 heavy (non-hydrogen) atoms. The summed E-state index contributed by atoms with van der Waals surface area (Å²) in [5, 5.41) is 13.4. The molecule has 0 aromatic carbocycles. The molecule has 5 nitrogen and oxygen atoms in total. The molecular weight excluding hydrogens is 220 g/mol. The number of nitrogens with one attached hydrogen (secondary N) is 1. The van der Waals surface area contributed by atoms with Gasteiger partial charge < -0.3 is 24.8 Å². The number of ether oxygens (including phenoxy) is 2. The van der Waals surface area contributed by atoms with E-state index in [0.29, 0.717) is 26.3 Å². The van der Waals surface area contributed by atoms with E-state index in [0.717, 1.165) is 0 Å². The van der Waals surface area contributed by atoms with Crippen LogP contribution in [0.2, 0.25) is 0 Å². The van der Waals surface area contributed by atoms with Crippen LogP contribution in [0.4, 0.5) is 0 Å². The van der Waals surface area contributed by atoms with E-state index >= 15 is 0 Å². The second-order valence-corrected chi connectivity index (χ2v) is 5.83. The van der Waals surface area contributed by atoms with E-state index in [2.05, 4.69) is 5.32 Å². The van der Waals surface area contributed by atoms with E-state index in [1.54, 1.807) is 0 Å². The SMILES string of the molecule is CN(C)CC(C)(O)CNC1COC(C)(C)OC1. The summed E-state index contributed by atoms with van der Waals surface area (Å²) >= 11 is 0. The largest absolute Gasteiger partial charge is 0.388 e. The monoisotopic (exact) mass is 246 g/mol. The molecule has 0 bridgehead atoms. The van der Waals surface area contributed by atoms with Gasteiger partial charge in [-0.15, -0.1) is 0 Å². The Balaban J connectivity index is 2.27. The third-order valence-electron chi connectivity index (χ3n) is 2.69. The van der Waals surface area contributed by atoms with Gasteiger partial charge in [0.05, 0.1) is 24.9 Å². The van der Waals surface area contributed by atoms with Gasteiger partial charge in [-0.3, -0.25) is 0 Å². The molecule has 0 aromatic heterocycles. The predicted octanol–water partition coefficient (Wildman–Crippen LogP) is 0.0401. The van der Waals surface area contributed by atoms with Crippen molar-refractivity contribution >= 4 is 0 Å². The summed E-state index contributed by atoms with van der Waals surface area (Å²) in [7, 11) is 3.90. The minimum Gasteiger partial charge on any atom is -0.388 e. The number of hydrogen-bond acceptors (Lipinski definition) is 5. The van der Waals surface area contributed by atoms with E-state index in [1.807, 2.05) is 39.8 Å². The maximum absolute atomic E-state index is 10.1. The molecule has 0 radical (unpaired) electrons. The second kappa shape index (κ2) is 5.63. The minimum absolute atomic E-state index is 0.150. The van der Waals surface area contributed by atoms with Crippen LogP contribution >= 0.6 is 0 Å². The Morgan fingerprint density at radius 2 is 1.88 bits per heavy atom. The quantitative estimate of drug-likeness (QED) is 0.717. The van der Waals surface area contributed by atoms with Gasteiger partial charge in [0.1, 0.15) is 0 Å². The van der Waals surface area contributed by atoms with Crippen LogP contribution < -0.4 is 5.32 Å². The standard InChI is InChI=1S/C12H26N2O3/c1-11(2)16-6-10(7-17-11)13-8-12(3,15)9-14(4)5/h10,13,15H,6-9H2,1-5H3. The van der Waals surface area contributed by atoms with Crippen molar-refractivity contribution in [3.05, 3.63) is 0 Å². The van der Waals surface area contributed by atoms with Gasteiger partial charge in [-0.25, -0.2) is 0 Å². The second-order valence-electron chi connectivity index (χ2n) is 5.83. The van der Waals surface area contributed by atoms with E-state index < -0.39 is 11.4 Å². The summed E-state index contributed by atoms with van der Waals surface area (Å²) in [4.78, 5) is 1.97. The van der Waals surface area contributed by atoms with Gasteiger partial charge in [-0.05, 0) is 34.9 Å². The molecule has 0 amide bonds. The Hall–Kier alpha value is -0.200. The van der Waals surface area contributed by atoms with Gasteiger partial charge in [0.2, 0.25) is 0 Å². The highest BCUT2D eigenvalue weighted by Crippen LogP contribution is 2.17. The van der Waals surface area contributed by atoms with Gasteiger partial charge in [0.15, 0.2) is 5.79 Å². The van der Waals surface area contributed by atoms with Crippen LogP contribution in [0, 0.1) is 0 Å². The van der Waals surface area contributed by atoms with Crippen LogP contribution in [0.15, 0.2) is 0 Å². The summed E-state index contributed by atoms with van der Waals surface area (Å²) in [5.41, 5.74) is -0.740. The van der Waals surface area contributed by atoms with Crippen LogP contribution in [-0.2, 0) is 9.47 Å². The molecule has 1 aliphatic heterocycles. The van der Waals surface area contributed by atoms with E-state index in [1.165, 1.54) is 0 Å². The average Bonchev–Trinajstić information content (AvgIpc) is 2.14. The number of aliphatic hydroxyl groups is 1. The fourth-order valence-electron chi connectivity index (χ4n) is 1.91. The highest BCUT2D eigenvalue weighted by atomic mass is 16.7. The first-order valence-corrected chi connectivity index (χ1v) is 6.09. The summed E-state index contributed by atoms with van der Waals surface area (Å²) in [6.45, 7) is 8.03. The molecule has 1 fully saturated rings. The zero-order valence-electron chi connectivity index (χ0n) is 11.6. The fraction of sp³-hybridized carbons (Fsp3) is 1.00. The molecule has 102 valence electrons. The van der Waals surface area contributed by atoms with Crippen molar-refractivity contribution in [2.75, 3.05) is 40.4 Å². The molecule has 1 rings (SSSR count). The van der Waals surface area contributed by atoms with E-state index in [9.17, 15) is 5.11 Å². The van der Waals surface area contributed by atoms with Crippen molar-refractivity contribution in [3.63, 3.8) is 0 Å². The smallest absolute Gasteiger partial charge is 0.162 e. The lowest BCUT2D eigenvalue weighted by atomic mass is 10.1. The van der Waals surface area contributed by atoms with Crippen LogP contribution in [0.3, 0.4) is 0 Å². The van der Waals surface area contributed by atoms with Crippen LogP contribution in [0.5, 0.6) is 0 Å². The van der Waals surface area contributed by atoms with Crippen molar-refractivity contribution < 1.29 is 14.6 Å². The van der Waals surface area contributed by atoms with Crippen molar-refractivity contribution in [2.24, 2.45) is 0 Å². The summed E-state index contributed by atoms with van der Waals surface area (Å²) in [5.74, 6) is -0.482. The maximum atomic E-state index is 10.1. The fourth-order valence-corrected chi connectivity index (χ4v) is 1.91. The zero-order valence-corrected chi connectivity index (χ0v) is 11.6. The molecule has 1 aliphatic rings. The van der Waals surface area contributed by atoms with Crippen LogP contribution in [0.25, 0.3) is 0 Å². The van der Waals surface area contributed by atoms with Crippen molar-refractivity contribution in [3.8, 4) is 0 Å². The summed E-state index contributed by atoms with van der Waals surface area (Å²) in [6.07, 6.45) is 0. The summed E-state index contributed by atoms with van der Waals surface area (Å²) < 4.78 is 11.1. The Morgan fingerprint density at radius 3 is 2.35 bits per heavy atom. The van der Waals surface area contributed by atoms with Crippen LogP contribution in [-0.4, -0.2) is 67.8 Å². The number of nitrogens with zero attached hydrogens (tertiary/aromatic N) is 1. The molecule has 1 saturated heterocycles. The Kier molecular flexibility index (Phi) is 4.92. The molecule has 2 N–H and O–H groups in total. The molecule has 0 aromatic rings. The van der Waals surface area contributed by atoms with Gasteiger partial charge >= 0.3 is 0 Å². The van der Waals surface area contributed by atoms with Gasteiger partial charge in [0.25, 0.3) is 0 Å². The number of hydrogen-bond donors (Lipinski definition) is 2. The highest BCUT2D eigenvalue weighted by Gasteiger charge is 2.29. The zero-order chi connectivity index (χ0) is 13.1. The third-order valence-corrected chi connectivity index (χ3v) is 2.69. The Bertz CT molecular complexity index is 232. The number of likely N-dealkylation sites (N-methyl/N-ethyl adjacent to an activating group) is 1. The lowest BCUT2D eigenvalue weighted by Crippen LogP contribution is -2.54. The molecule has 0 aliphatic carbocycles. The number of rotatable bonds is 5. The van der Waals surface area contributed by atoms with Gasteiger partial charge in [-0.2, -0.15) is 0 Å². The normalized spacial score (nSPS) is 24.9. The van der Waals surface area contributed by atoms with Crippen molar-refractivity contribution in [1.29, 1.82) is 0 Å². The first-order valence-electron chi connectivity index (χ1n) is 6.09. The summed E-state index contributed by atoms with van der Waals surface area (Å²) in [6, 6.07) is 0.150. The lowest BCUT2D eigenvalue weighted by Gasteiger charge is -2.37. The van der Waals surface area contributed by atoms with E-state index in [4.69, 9.17) is 9.47 Å². The minimum atomic E-state index is -0.740. The maximum Gasteiger partial charge on any atom is 0.162 e. The predicted molar refractivity (Wildman–Crippen MR) is 67.0 cm³/mol. The Labute approximate surface area is 104 Å². The van der Waals surface area contributed by atoms with Crippen LogP contribution in [0.1, 0.15) is 20.8 Å². The molecule has 0 spiro atoms. The van der Waals surface area contributed by atoms with Crippen molar-refractivity contribution in [2.45, 2.75) is 38.2 Å². The van der Waals surface area contributed by atoms with Gasteiger partial charge in [0, 0.05) is 13.1 Å². The molecule has 1 atom stereocenters. The average molecular weight is 246 g/mol. The molecular formula is C12H26N2O3. The molecule has 0 saturated carbocycles. The van der Waals surface area contributed by atoms with E-state index in [-0.39, 0.29) is 6.04 Å². The third kappa shape index (κ3) is 5.79. The van der Waals surface area contributed by atoms with Crippen molar-refractivity contribution in [1.82, 2.24) is 10.2 Å². The lowest BCUT2D eigenvalue weighted by molar-refractivity contribution is -0.253. The topological polar surface area (TPSA) is 54.0 Å². The first-order chi connectivity index (χ1) is 7.70. The molecule has 5 heteroatoms. The first kappa shape index (κ1) is 14.9. The Morgan fingerprint density at radius 1 is 1.35 bits per heavy atom. The molecule has 1 unspecified atom stereocenters.